The molecule has 42 nitrogen and oxygen atoms in total. The Balaban J connectivity index is 0.960. The molecule has 0 atom stereocenters. The van der Waals surface area contributed by atoms with Crippen molar-refractivity contribution in [1.29, 1.82) is 0 Å². The number of Topliss-reactive ketones (excluding diaryl/α,β-unsaturated/α-hetero) is 4. The van der Waals surface area contributed by atoms with Crippen molar-refractivity contribution >= 4 is 118 Å². The lowest BCUT2D eigenvalue weighted by Crippen LogP contribution is -2.46. The van der Waals surface area contributed by atoms with Gasteiger partial charge in [0.2, 0.25) is 35.4 Å². The lowest BCUT2D eigenvalue weighted by Gasteiger charge is -2.28. The third-order valence-corrected chi connectivity index (χ3v) is 22.1. The molecular formula is C100H128N18O24. The Morgan fingerprint density at radius 2 is 0.521 bits per heavy atom. The molecule has 0 spiro atoms. The Bertz CT molecular complexity index is 5180. The molecule has 0 fully saturated rings. The lowest BCUT2D eigenvalue weighted by molar-refractivity contribution is -0.133. The van der Waals surface area contributed by atoms with Crippen molar-refractivity contribution in [3.05, 3.63) is 200 Å². The minimum absolute atomic E-state index is 0.0133. The maximum absolute atomic E-state index is 14.7. The number of para-hydroxylation sites is 2. The van der Waals surface area contributed by atoms with E-state index in [9.17, 15) is 95.9 Å². The van der Waals surface area contributed by atoms with Crippen molar-refractivity contribution in [3.63, 3.8) is 0 Å². The topological polar surface area (TPSA) is 560 Å². The van der Waals surface area contributed by atoms with Crippen LogP contribution in [0.4, 0.5) is 9.59 Å². The Kier molecular flexibility index (Phi) is 45.1. The second-order valence-electron chi connectivity index (χ2n) is 35.3. The summed E-state index contributed by atoms with van der Waals surface area (Å²) in [5.41, 5.74) is 0.886. The molecule has 762 valence electrons. The van der Waals surface area contributed by atoms with Gasteiger partial charge in [-0.2, -0.15) is 0 Å². The summed E-state index contributed by atoms with van der Waals surface area (Å²) in [5.74, 6) is -11.0. The molecular weight excluding hydrogens is 1840 g/mol. The molecule has 16 amide bonds. The first kappa shape index (κ1) is 112. The number of hydrogen-bond donors (Lipinski definition) is 14. The number of ketones is 4. The molecule has 0 aliphatic carbocycles. The highest BCUT2D eigenvalue weighted by molar-refractivity contribution is 6.07. The van der Waals surface area contributed by atoms with Crippen LogP contribution in [0.1, 0.15) is 198 Å². The molecule has 2 aliphatic heterocycles. The molecule has 0 radical (unpaired) electrons. The van der Waals surface area contributed by atoms with Crippen LogP contribution in [0.25, 0.3) is 0 Å². The number of nitrogens with zero attached hydrogens (tertiary/aromatic N) is 4. The fourth-order valence-electron chi connectivity index (χ4n) is 14.5. The number of nitrogens with one attached hydrogen (secondary N) is 14. The third kappa shape index (κ3) is 39.5. The molecule has 6 aromatic carbocycles. The van der Waals surface area contributed by atoms with Crippen molar-refractivity contribution in [2.24, 2.45) is 0 Å². The van der Waals surface area contributed by atoms with Gasteiger partial charge in [0.15, 0.2) is 23.1 Å². The fourth-order valence-corrected chi connectivity index (χ4v) is 14.5. The first-order valence-electron chi connectivity index (χ1n) is 46.9. The molecule has 0 saturated heterocycles. The van der Waals surface area contributed by atoms with Crippen LogP contribution in [-0.4, -0.2) is 306 Å². The quantitative estimate of drug-likeness (QED) is 0.0281. The maximum Gasteiger partial charge on any atom is 0.408 e. The predicted octanol–water partition coefficient (Wildman–Crippen LogP) is 2.60. The normalized spacial score (nSPS) is 14.6. The Hall–Kier alpha value is -15.4. The van der Waals surface area contributed by atoms with Crippen LogP contribution in [0, 0.1) is 13.8 Å². The van der Waals surface area contributed by atoms with E-state index in [0.717, 1.165) is 0 Å². The highest BCUT2D eigenvalue weighted by atomic mass is 16.6. The highest BCUT2D eigenvalue weighted by Crippen LogP contribution is 2.29. The summed E-state index contributed by atoms with van der Waals surface area (Å²) in [6.45, 7) is 9.88. The summed E-state index contributed by atoms with van der Waals surface area (Å²) >= 11 is 0. The van der Waals surface area contributed by atoms with Crippen LogP contribution in [0.2, 0.25) is 0 Å². The van der Waals surface area contributed by atoms with E-state index in [2.05, 4.69) is 74.4 Å². The first-order valence-corrected chi connectivity index (χ1v) is 46.9. The summed E-state index contributed by atoms with van der Waals surface area (Å²) in [7, 11) is 0. The molecule has 8 bridgehead atoms. The molecule has 0 saturated carbocycles. The minimum atomic E-state index is -0.830. The molecule has 6 aromatic rings. The number of ether oxygens (including phenoxy) is 4. The maximum atomic E-state index is 14.7. The van der Waals surface area contributed by atoms with Gasteiger partial charge in [-0.3, -0.25) is 96.1 Å². The van der Waals surface area contributed by atoms with Crippen LogP contribution in [0.3, 0.4) is 0 Å². The van der Waals surface area contributed by atoms with E-state index in [1.165, 1.54) is 70.5 Å². The molecule has 42 heteroatoms. The van der Waals surface area contributed by atoms with E-state index in [0.29, 0.717) is 22.3 Å². The zero-order chi connectivity index (χ0) is 103. The number of benzene rings is 6. The van der Waals surface area contributed by atoms with E-state index < -0.39 is 168 Å². The average molecular weight is 1970 g/mol. The number of carbonyl (C=O) groups excluding carboxylic acids is 20. The van der Waals surface area contributed by atoms with Gasteiger partial charge in [-0.1, -0.05) is 84.9 Å². The van der Waals surface area contributed by atoms with Crippen molar-refractivity contribution in [2.75, 3.05) is 157 Å². The molecule has 2 aliphatic rings. The second-order valence-corrected chi connectivity index (χ2v) is 35.3. The molecule has 14 N–H and O–H groups in total. The lowest BCUT2D eigenvalue weighted by atomic mass is 10.0. The third-order valence-electron chi connectivity index (χ3n) is 22.1. The van der Waals surface area contributed by atoms with Gasteiger partial charge in [-0.15, -0.1) is 0 Å². The smallest absolute Gasteiger partial charge is 0.408 e. The number of alkyl carbamates (subject to hydrolysis) is 2. The molecule has 0 unspecified atom stereocenters. The molecule has 2 heterocycles. The number of amides is 16. The SMILES string of the molecule is Cc1c2cccc1C(=O)NCCN(C(=O)CCC(=O)CNC(=O)CCC(=O)CNC(=O)CNC(=O)OC(C)(C)C)CCNC(=O)c1cccc(c1OCc1ccccc1)C(=O)NCCN(CCN1CCNC(=O)c3cccc(c3C)C(=O)NCCN(C(=O)CCC(=O)CNC(=O)CCC(=O)CNC(=O)CNC(=O)OC(C)(C)C)CCNC(=O)c3cccc(c3OCc3ccccc3)C(=O)NCC1)CCNC2=O. The van der Waals surface area contributed by atoms with Gasteiger partial charge in [0, 0.05) is 191 Å². The summed E-state index contributed by atoms with van der Waals surface area (Å²) in [5, 5.41) is 37.3. The summed E-state index contributed by atoms with van der Waals surface area (Å²) in [4.78, 5) is 275. The zero-order valence-electron chi connectivity index (χ0n) is 81.3. The summed E-state index contributed by atoms with van der Waals surface area (Å²) in [6.07, 6.45) is -4.31. The largest absolute Gasteiger partial charge is 0.487 e. The Morgan fingerprint density at radius 3 is 0.789 bits per heavy atom. The second kappa shape index (κ2) is 57.3. The van der Waals surface area contributed by atoms with Gasteiger partial charge in [0.05, 0.1) is 48.4 Å². The number of hydrogen-bond acceptors (Lipinski definition) is 26. The van der Waals surface area contributed by atoms with Crippen molar-refractivity contribution in [1.82, 2.24) is 94.0 Å². The molecule has 142 heavy (non-hydrogen) atoms. The van der Waals surface area contributed by atoms with E-state index in [-0.39, 0.29) is 238 Å². The monoisotopic (exact) mass is 1960 g/mol. The van der Waals surface area contributed by atoms with Crippen molar-refractivity contribution < 1.29 is 115 Å². The fraction of sp³-hybridized carbons (Fsp3) is 0.440. The van der Waals surface area contributed by atoms with Gasteiger partial charge < -0.3 is 103 Å². The molecule has 8 rings (SSSR count). The van der Waals surface area contributed by atoms with Crippen LogP contribution < -0.4 is 83.9 Å². The van der Waals surface area contributed by atoms with E-state index in [1.807, 2.05) is 21.9 Å². The van der Waals surface area contributed by atoms with Crippen LogP contribution in [0.5, 0.6) is 11.5 Å². The average Bonchev–Trinajstić information content (AvgIpc) is 0.784. The summed E-state index contributed by atoms with van der Waals surface area (Å²) in [6, 6.07) is 36.1. The van der Waals surface area contributed by atoms with Crippen LogP contribution in [0.15, 0.2) is 133 Å². The standard InChI is InChI=1S/C100H128N18O24/c1-65-73-23-15-25-75(65)91(131)105-43-51-117(85(127)37-33-71(121)57-109-81(123)35-31-69(119)59-111-83(125)61-113-97(137)141-99(3,4)5)53-45-107-95(135)79-29-17-27-77(87(79)139-63-67-19-11-9-12-20-67)93(133)103-41-49-115(47-39-101-89(73)129)55-56-116-48-40-102-90(130)74-24-16-26-76(66(74)2)92(132)106-44-52-118(54-46-108-96(136)80-30-18-28-78(94(134)104-42-50-116)88(80)140-64-68-21-13-10-14-22-68)86(128)38-34-72(122)58-110-82(124)36-32-70(120)60-112-84(126)62-114-98(138)142-100(6,7)8/h9-30H,31-64H2,1-8H3,(H,101,129)(H,102,130)(H,103,133)(H,104,134)(H,105,131)(H,106,132)(H,107,135)(H,108,136)(H,109,123)(H,110,124)(H,111,125)(H,112,126)(H,113,137)(H,114,138). The van der Waals surface area contributed by atoms with Gasteiger partial charge in [-0.25, -0.2) is 9.59 Å². The van der Waals surface area contributed by atoms with Crippen molar-refractivity contribution in [3.8, 4) is 11.5 Å². The van der Waals surface area contributed by atoms with Crippen molar-refractivity contribution in [2.45, 2.75) is 131 Å². The number of fused-ring (bicyclic) bond motifs is 8. The van der Waals surface area contributed by atoms with Crippen LogP contribution >= 0.6 is 0 Å². The first-order chi connectivity index (χ1) is 67.8. The minimum Gasteiger partial charge on any atom is -0.487 e. The van der Waals surface area contributed by atoms with Gasteiger partial charge in [0.25, 0.3) is 47.3 Å². The van der Waals surface area contributed by atoms with E-state index >= 15 is 0 Å². The van der Waals surface area contributed by atoms with E-state index in [1.54, 1.807) is 116 Å². The number of carbonyl (C=O) groups is 20. The highest BCUT2D eigenvalue weighted by Gasteiger charge is 2.30. The Labute approximate surface area is 822 Å². The number of rotatable bonds is 33. The van der Waals surface area contributed by atoms with Gasteiger partial charge in [0.1, 0.15) is 49.0 Å². The van der Waals surface area contributed by atoms with E-state index in [4.69, 9.17) is 18.9 Å². The van der Waals surface area contributed by atoms with Gasteiger partial charge >= 0.3 is 12.2 Å². The zero-order valence-corrected chi connectivity index (χ0v) is 81.3. The Morgan fingerprint density at radius 1 is 0.282 bits per heavy atom. The van der Waals surface area contributed by atoms with Crippen LogP contribution in [-0.2, 0) is 70.6 Å². The summed E-state index contributed by atoms with van der Waals surface area (Å²) < 4.78 is 22.9. The predicted molar refractivity (Wildman–Crippen MR) is 519 cm³/mol. The molecule has 0 aromatic heterocycles. The van der Waals surface area contributed by atoms with Gasteiger partial charge in [-0.05, 0) is 126 Å².